The van der Waals surface area contributed by atoms with Crippen molar-refractivity contribution in [2.75, 3.05) is 13.1 Å². The normalized spacial score (nSPS) is 16.2. The second-order valence-electron chi connectivity index (χ2n) is 5.33. The second-order valence-corrected chi connectivity index (χ2v) is 5.33. The summed E-state index contributed by atoms with van der Waals surface area (Å²) in [6, 6.07) is 12.3. The van der Waals surface area contributed by atoms with Gasteiger partial charge in [0.15, 0.2) is 0 Å². The van der Waals surface area contributed by atoms with Gasteiger partial charge in [-0.05, 0) is 31.5 Å². The van der Waals surface area contributed by atoms with Crippen molar-refractivity contribution in [3.63, 3.8) is 0 Å². The van der Waals surface area contributed by atoms with E-state index >= 15 is 0 Å². The molecule has 0 aliphatic carbocycles. The Hall–Kier alpha value is -1.81. The molecule has 4 nitrogen and oxygen atoms in total. The van der Waals surface area contributed by atoms with Crippen molar-refractivity contribution < 1.29 is 4.74 Å². The van der Waals surface area contributed by atoms with Crippen LogP contribution in [0.2, 0.25) is 0 Å². The number of hydrogen-bond donors (Lipinski definition) is 1. The van der Waals surface area contributed by atoms with E-state index in [4.69, 9.17) is 4.74 Å². The summed E-state index contributed by atoms with van der Waals surface area (Å²) in [5.41, 5.74) is 2.34. The van der Waals surface area contributed by atoms with E-state index < -0.39 is 0 Å². The molecule has 1 fully saturated rings. The van der Waals surface area contributed by atoms with Crippen LogP contribution in [0.3, 0.4) is 0 Å². The summed E-state index contributed by atoms with van der Waals surface area (Å²) >= 11 is 0. The molecule has 106 valence electrons. The lowest BCUT2D eigenvalue weighted by molar-refractivity contribution is 0.279. The van der Waals surface area contributed by atoms with E-state index in [1.54, 1.807) is 0 Å². The molecule has 3 rings (SSSR count). The van der Waals surface area contributed by atoms with Crippen molar-refractivity contribution in [1.29, 1.82) is 0 Å². The smallest absolute Gasteiger partial charge is 0.212 e. The zero-order valence-electron chi connectivity index (χ0n) is 11.9. The molecule has 4 heteroatoms. The highest BCUT2D eigenvalue weighted by molar-refractivity contribution is 5.21. The molecule has 0 spiro atoms. The Kier molecular flexibility index (Phi) is 4.02. The summed E-state index contributed by atoms with van der Waals surface area (Å²) < 4.78 is 7.73. The van der Waals surface area contributed by atoms with Gasteiger partial charge in [-0.2, -0.15) is 5.10 Å². The van der Waals surface area contributed by atoms with Crippen molar-refractivity contribution in [3.8, 4) is 5.88 Å². The summed E-state index contributed by atoms with van der Waals surface area (Å²) in [6.07, 6.45) is 2.32. The van der Waals surface area contributed by atoms with Crippen LogP contribution in [-0.2, 0) is 13.7 Å². The molecule has 1 aromatic carbocycles. The molecule has 20 heavy (non-hydrogen) atoms. The molecule has 0 atom stereocenters. The van der Waals surface area contributed by atoms with E-state index in [2.05, 4.69) is 28.6 Å². The quantitative estimate of drug-likeness (QED) is 0.928. The number of aromatic nitrogens is 2. The maximum absolute atomic E-state index is 5.88. The van der Waals surface area contributed by atoms with Gasteiger partial charge in [0, 0.05) is 19.0 Å². The van der Waals surface area contributed by atoms with E-state index in [1.807, 2.05) is 29.9 Å². The van der Waals surface area contributed by atoms with Crippen LogP contribution >= 0.6 is 0 Å². The van der Waals surface area contributed by atoms with Crippen molar-refractivity contribution in [1.82, 2.24) is 15.1 Å². The molecule has 2 aromatic rings. The highest BCUT2D eigenvalue weighted by atomic mass is 16.5. The van der Waals surface area contributed by atoms with Crippen LogP contribution in [0.15, 0.2) is 36.4 Å². The average molecular weight is 271 g/mol. The second kappa shape index (κ2) is 6.09. The van der Waals surface area contributed by atoms with Crippen LogP contribution in [0.1, 0.15) is 30.0 Å². The van der Waals surface area contributed by atoms with Crippen LogP contribution in [0.4, 0.5) is 0 Å². The largest absolute Gasteiger partial charge is 0.473 e. The minimum Gasteiger partial charge on any atom is -0.473 e. The topological polar surface area (TPSA) is 39.1 Å². The molecule has 1 saturated heterocycles. The summed E-state index contributed by atoms with van der Waals surface area (Å²) in [7, 11) is 1.95. The van der Waals surface area contributed by atoms with Crippen LogP contribution in [-0.4, -0.2) is 22.9 Å². The minimum absolute atomic E-state index is 0.566. The maximum atomic E-state index is 5.88. The van der Waals surface area contributed by atoms with E-state index in [0.29, 0.717) is 12.5 Å². The first kappa shape index (κ1) is 13.2. The fraction of sp³-hybridized carbons (Fsp3) is 0.438. The lowest BCUT2D eigenvalue weighted by atomic mass is 9.95. The Balaban J connectivity index is 1.66. The molecule has 0 amide bonds. The third-order valence-corrected chi connectivity index (χ3v) is 3.84. The third-order valence-electron chi connectivity index (χ3n) is 3.84. The van der Waals surface area contributed by atoms with Gasteiger partial charge >= 0.3 is 0 Å². The fourth-order valence-electron chi connectivity index (χ4n) is 2.66. The fourth-order valence-corrected chi connectivity index (χ4v) is 2.66. The summed E-state index contributed by atoms with van der Waals surface area (Å²) in [5, 5.41) is 8.00. The van der Waals surface area contributed by atoms with E-state index in [-0.39, 0.29) is 0 Å². The molecule has 0 unspecified atom stereocenters. The lowest BCUT2D eigenvalue weighted by Gasteiger charge is -2.20. The van der Waals surface area contributed by atoms with Crippen LogP contribution in [0.25, 0.3) is 0 Å². The summed E-state index contributed by atoms with van der Waals surface area (Å²) in [4.78, 5) is 0. The molecule has 1 N–H and O–H groups in total. The first-order chi connectivity index (χ1) is 9.83. The number of aryl methyl sites for hydroxylation is 1. The molecule has 0 saturated carbocycles. The van der Waals surface area contributed by atoms with Gasteiger partial charge in [0.1, 0.15) is 6.61 Å². The van der Waals surface area contributed by atoms with Gasteiger partial charge in [0.05, 0.1) is 5.69 Å². The zero-order chi connectivity index (χ0) is 13.8. The molecule has 2 heterocycles. The number of piperidine rings is 1. The van der Waals surface area contributed by atoms with Crippen molar-refractivity contribution in [3.05, 3.63) is 47.7 Å². The minimum atomic E-state index is 0.566. The van der Waals surface area contributed by atoms with Gasteiger partial charge in [-0.15, -0.1) is 0 Å². The van der Waals surface area contributed by atoms with Crippen molar-refractivity contribution in [2.24, 2.45) is 7.05 Å². The monoisotopic (exact) mass is 271 g/mol. The molecule has 0 bridgehead atoms. The van der Waals surface area contributed by atoms with E-state index in [9.17, 15) is 0 Å². The Bertz CT molecular complexity index is 544. The van der Waals surface area contributed by atoms with Crippen molar-refractivity contribution in [2.45, 2.75) is 25.4 Å². The SMILES string of the molecule is Cn1nc(C2CCNCC2)cc1OCc1ccccc1. The first-order valence-electron chi connectivity index (χ1n) is 7.24. The molecule has 1 aliphatic heterocycles. The Labute approximate surface area is 119 Å². The van der Waals surface area contributed by atoms with Crippen molar-refractivity contribution >= 4 is 0 Å². The average Bonchev–Trinajstić information content (AvgIpc) is 2.88. The number of nitrogens with one attached hydrogen (secondary N) is 1. The van der Waals surface area contributed by atoms with Gasteiger partial charge in [-0.1, -0.05) is 30.3 Å². The van der Waals surface area contributed by atoms with Crippen LogP contribution in [0, 0.1) is 0 Å². The van der Waals surface area contributed by atoms with Gasteiger partial charge in [-0.25, -0.2) is 4.68 Å². The molecule has 0 radical (unpaired) electrons. The van der Waals surface area contributed by atoms with E-state index in [0.717, 1.165) is 37.5 Å². The Morgan fingerprint density at radius 2 is 2.00 bits per heavy atom. The standard InChI is InChI=1S/C16H21N3O/c1-19-16(20-12-13-5-3-2-4-6-13)11-15(18-19)14-7-9-17-10-8-14/h2-6,11,14,17H,7-10,12H2,1H3. The predicted octanol–water partition coefficient (Wildman–Crippen LogP) is 2.47. The maximum Gasteiger partial charge on any atom is 0.212 e. The highest BCUT2D eigenvalue weighted by Crippen LogP contribution is 2.27. The molecule has 1 aromatic heterocycles. The highest BCUT2D eigenvalue weighted by Gasteiger charge is 2.19. The number of hydrogen-bond acceptors (Lipinski definition) is 3. The zero-order valence-corrected chi connectivity index (χ0v) is 11.9. The molecular formula is C16H21N3O. The van der Waals surface area contributed by atoms with Gasteiger partial charge in [0.2, 0.25) is 5.88 Å². The first-order valence-corrected chi connectivity index (χ1v) is 7.24. The summed E-state index contributed by atoms with van der Waals surface area (Å²) in [5.74, 6) is 1.42. The molecular weight excluding hydrogens is 250 g/mol. The summed E-state index contributed by atoms with van der Waals surface area (Å²) in [6.45, 7) is 2.76. The number of nitrogens with zero attached hydrogens (tertiary/aromatic N) is 2. The number of ether oxygens (including phenoxy) is 1. The van der Waals surface area contributed by atoms with Gasteiger partial charge in [0.25, 0.3) is 0 Å². The number of benzene rings is 1. The van der Waals surface area contributed by atoms with Crippen LogP contribution < -0.4 is 10.1 Å². The lowest BCUT2D eigenvalue weighted by Crippen LogP contribution is -2.26. The Morgan fingerprint density at radius 3 is 2.75 bits per heavy atom. The van der Waals surface area contributed by atoms with Crippen LogP contribution in [0.5, 0.6) is 5.88 Å². The predicted molar refractivity (Wildman–Crippen MR) is 78.8 cm³/mol. The Morgan fingerprint density at radius 1 is 1.25 bits per heavy atom. The van der Waals surface area contributed by atoms with E-state index in [1.165, 1.54) is 5.56 Å². The van der Waals surface area contributed by atoms with Gasteiger partial charge < -0.3 is 10.1 Å². The third kappa shape index (κ3) is 3.02. The molecule has 1 aliphatic rings. The van der Waals surface area contributed by atoms with Gasteiger partial charge in [-0.3, -0.25) is 0 Å². The number of rotatable bonds is 4.